The number of carboxylic acids is 1. The van der Waals surface area contributed by atoms with Gasteiger partial charge in [-0.25, -0.2) is 13.6 Å². The summed E-state index contributed by atoms with van der Waals surface area (Å²) in [6.07, 6.45) is -7.08. The Kier molecular flexibility index (Phi) is 5.41. The van der Waals surface area contributed by atoms with Crippen LogP contribution in [0.1, 0.15) is 30.9 Å². The van der Waals surface area contributed by atoms with E-state index < -0.39 is 53.9 Å². The minimum atomic E-state index is -4.85. The molecule has 2 aliphatic rings. The molecule has 0 bridgehead atoms. The summed E-state index contributed by atoms with van der Waals surface area (Å²) in [7, 11) is 0. The van der Waals surface area contributed by atoms with E-state index in [1.165, 1.54) is 6.92 Å². The zero-order valence-corrected chi connectivity index (χ0v) is 15.1. The highest BCUT2D eigenvalue weighted by Gasteiger charge is 2.65. The molecule has 1 aromatic carbocycles. The van der Waals surface area contributed by atoms with E-state index in [-0.39, 0.29) is 30.4 Å². The molecule has 2 heterocycles. The quantitative estimate of drug-likeness (QED) is 0.754. The van der Waals surface area contributed by atoms with Crippen LogP contribution in [0.5, 0.6) is 0 Å². The second-order valence-corrected chi connectivity index (χ2v) is 7.20. The van der Waals surface area contributed by atoms with E-state index in [9.17, 15) is 31.9 Å². The molecule has 0 radical (unpaired) electrons. The van der Waals surface area contributed by atoms with E-state index in [1.807, 2.05) is 0 Å². The van der Waals surface area contributed by atoms with Gasteiger partial charge in [-0.2, -0.15) is 13.2 Å². The fraction of sp³-hybridized carbons (Fsp3) is 0.611. The SMILES string of the molecule is C[C@H]1[C@@H](c2ccc(F)c(F)c2COC2COC2)[C@H](C(=O)O)O[C@@]1(C)C(F)(F)F. The van der Waals surface area contributed by atoms with Crippen LogP contribution in [0, 0.1) is 17.6 Å². The maximum absolute atomic E-state index is 14.5. The molecule has 3 rings (SSSR count). The van der Waals surface area contributed by atoms with Gasteiger partial charge >= 0.3 is 12.1 Å². The first-order valence-corrected chi connectivity index (χ1v) is 8.60. The summed E-state index contributed by atoms with van der Waals surface area (Å²) in [5.74, 6) is -6.83. The molecular formula is C18H19F5O5. The van der Waals surface area contributed by atoms with Gasteiger partial charge < -0.3 is 19.3 Å². The number of hydrogen-bond acceptors (Lipinski definition) is 4. The lowest BCUT2D eigenvalue weighted by Crippen LogP contribution is -2.47. The molecule has 2 aliphatic heterocycles. The van der Waals surface area contributed by atoms with Crippen molar-refractivity contribution in [2.45, 2.75) is 50.4 Å². The van der Waals surface area contributed by atoms with Gasteiger partial charge in [-0.05, 0) is 18.6 Å². The molecule has 0 aromatic heterocycles. The minimum Gasteiger partial charge on any atom is -0.479 e. The number of alkyl halides is 3. The molecule has 4 atom stereocenters. The average Bonchev–Trinajstić information content (AvgIpc) is 2.83. The second-order valence-electron chi connectivity index (χ2n) is 7.20. The smallest absolute Gasteiger partial charge is 0.417 e. The summed E-state index contributed by atoms with van der Waals surface area (Å²) in [5.41, 5.74) is -3.15. The van der Waals surface area contributed by atoms with Gasteiger partial charge in [-0.3, -0.25) is 0 Å². The van der Waals surface area contributed by atoms with Gasteiger partial charge in [-0.15, -0.1) is 0 Å². The van der Waals surface area contributed by atoms with Gasteiger partial charge in [0, 0.05) is 17.4 Å². The lowest BCUT2D eigenvalue weighted by Gasteiger charge is -2.32. The molecule has 10 heteroatoms. The highest BCUT2D eigenvalue weighted by molar-refractivity contribution is 5.75. The lowest BCUT2D eigenvalue weighted by molar-refractivity contribution is -0.273. The molecule has 28 heavy (non-hydrogen) atoms. The maximum Gasteiger partial charge on any atom is 0.417 e. The molecular weight excluding hydrogens is 391 g/mol. The van der Waals surface area contributed by atoms with Crippen LogP contribution in [0.15, 0.2) is 12.1 Å². The van der Waals surface area contributed by atoms with E-state index >= 15 is 0 Å². The first-order valence-electron chi connectivity index (χ1n) is 8.60. The van der Waals surface area contributed by atoms with Crippen LogP contribution in [0.25, 0.3) is 0 Å². The monoisotopic (exact) mass is 410 g/mol. The van der Waals surface area contributed by atoms with E-state index in [0.29, 0.717) is 0 Å². The van der Waals surface area contributed by atoms with Crippen molar-refractivity contribution in [3.63, 3.8) is 0 Å². The van der Waals surface area contributed by atoms with Crippen molar-refractivity contribution in [1.82, 2.24) is 0 Å². The van der Waals surface area contributed by atoms with Crippen molar-refractivity contribution in [3.05, 3.63) is 34.9 Å². The number of ether oxygens (including phenoxy) is 3. The summed E-state index contributed by atoms with van der Waals surface area (Å²) in [6.45, 7) is 2.05. The standard InChI is InChI=1S/C18H19F5O5/c1-8-13(15(16(24)25)28-17(8,2)18(21,22)23)10-3-4-12(19)14(20)11(10)7-27-9-5-26-6-9/h3-4,8-9,13,15H,5-7H2,1-2H3,(H,24,25)/t8-,13-,15+,17+/m0/s1. The van der Waals surface area contributed by atoms with Crippen molar-refractivity contribution in [2.75, 3.05) is 13.2 Å². The van der Waals surface area contributed by atoms with Crippen molar-refractivity contribution in [1.29, 1.82) is 0 Å². The second kappa shape index (κ2) is 7.23. The van der Waals surface area contributed by atoms with E-state index in [4.69, 9.17) is 14.2 Å². The van der Waals surface area contributed by atoms with Crippen LogP contribution in [0.3, 0.4) is 0 Å². The maximum atomic E-state index is 14.5. The molecule has 0 spiro atoms. The number of aliphatic carboxylic acids is 1. The van der Waals surface area contributed by atoms with Gasteiger partial charge in [-0.1, -0.05) is 13.0 Å². The van der Waals surface area contributed by atoms with Crippen LogP contribution in [0.4, 0.5) is 22.0 Å². The Morgan fingerprint density at radius 2 is 1.96 bits per heavy atom. The van der Waals surface area contributed by atoms with Crippen LogP contribution in [-0.2, 0) is 25.6 Å². The number of carbonyl (C=O) groups is 1. The number of hydrogen-bond donors (Lipinski definition) is 1. The van der Waals surface area contributed by atoms with Gasteiger partial charge in [0.1, 0.15) is 6.10 Å². The Bertz CT molecular complexity index is 763. The third-order valence-electron chi connectivity index (χ3n) is 5.57. The summed E-state index contributed by atoms with van der Waals surface area (Å²) >= 11 is 0. The summed E-state index contributed by atoms with van der Waals surface area (Å²) in [5, 5.41) is 9.43. The van der Waals surface area contributed by atoms with Gasteiger partial charge in [0.15, 0.2) is 23.3 Å². The summed E-state index contributed by atoms with van der Waals surface area (Å²) in [4.78, 5) is 11.6. The van der Waals surface area contributed by atoms with Crippen LogP contribution in [0.2, 0.25) is 0 Å². The molecule has 2 saturated heterocycles. The fourth-order valence-corrected chi connectivity index (χ4v) is 3.59. The predicted octanol–water partition coefficient (Wildman–Crippen LogP) is 3.40. The van der Waals surface area contributed by atoms with Crippen molar-refractivity contribution >= 4 is 5.97 Å². The molecule has 2 fully saturated rings. The summed E-state index contributed by atoms with van der Waals surface area (Å²) in [6, 6.07) is 1.85. The van der Waals surface area contributed by atoms with Crippen LogP contribution < -0.4 is 0 Å². The fourth-order valence-electron chi connectivity index (χ4n) is 3.59. The third kappa shape index (κ3) is 3.37. The topological polar surface area (TPSA) is 65.0 Å². The molecule has 0 amide bonds. The average molecular weight is 410 g/mol. The highest BCUT2D eigenvalue weighted by atomic mass is 19.4. The minimum absolute atomic E-state index is 0.0768. The number of rotatable bonds is 5. The van der Waals surface area contributed by atoms with E-state index in [2.05, 4.69) is 0 Å². The van der Waals surface area contributed by atoms with E-state index in [1.54, 1.807) is 0 Å². The first-order chi connectivity index (χ1) is 13.0. The van der Waals surface area contributed by atoms with Crippen LogP contribution in [-0.4, -0.2) is 48.3 Å². The normalized spacial score (nSPS) is 31.0. The van der Waals surface area contributed by atoms with Gasteiger partial charge in [0.2, 0.25) is 0 Å². The zero-order valence-electron chi connectivity index (χ0n) is 15.1. The molecule has 0 saturated carbocycles. The Hall–Kier alpha value is -1.78. The third-order valence-corrected chi connectivity index (χ3v) is 5.57. The molecule has 156 valence electrons. The van der Waals surface area contributed by atoms with E-state index in [0.717, 1.165) is 19.1 Å². The highest BCUT2D eigenvalue weighted by Crippen LogP contribution is 2.54. The molecule has 0 unspecified atom stereocenters. The lowest BCUT2D eigenvalue weighted by atomic mass is 9.76. The van der Waals surface area contributed by atoms with Crippen molar-refractivity contribution in [2.24, 2.45) is 5.92 Å². The Balaban J connectivity index is 2.04. The van der Waals surface area contributed by atoms with Gasteiger partial charge in [0.25, 0.3) is 0 Å². The van der Waals surface area contributed by atoms with Crippen LogP contribution >= 0.6 is 0 Å². The Morgan fingerprint density at radius 3 is 2.46 bits per heavy atom. The van der Waals surface area contributed by atoms with Gasteiger partial charge in [0.05, 0.1) is 19.8 Å². The summed E-state index contributed by atoms with van der Waals surface area (Å²) < 4.78 is 84.3. The Morgan fingerprint density at radius 1 is 1.32 bits per heavy atom. The first kappa shape index (κ1) is 20.9. The number of carboxylic acid groups (broad SMARTS) is 1. The zero-order chi connectivity index (χ0) is 20.9. The van der Waals surface area contributed by atoms with Crippen molar-refractivity contribution < 1.29 is 46.1 Å². The predicted molar refractivity (Wildman–Crippen MR) is 84.6 cm³/mol. The molecule has 1 aromatic rings. The Labute approximate surface area is 157 Å². The number of benzene rings is 1. The molecule has 1 N–H and O–H groups in total. The molecule has 5 nitrogen and oxygen atoms in total. The molecule has 0 aliphatic carbocycles. The van der Waals surface area contributed by atoms with Crippen molar-refractivity contribution in [3.8, 4) is 0 Å². The largest absolute Gasteiger partial charge is 0.479 e. The number of halogens is 5.